The fourth-order valence-corrected chi connectivity index (χ4v) is 2.88. The first kappa shape index (κ1) is 14.0. The number of nitrogens with zero attached hydrogens (tertiary/aromatic N) is 1. The SMILES string of the molecule is CC(C)CC(C)N(CC1CCCN1)C(C)C. The molecule has 2 nitrogen and oxygen atoms in total. The van der Waals surface area contributed by atoms with Crippen molar-refractivity contribution in [3.05, 3.63) is 0 Å². The molecule has 0 aromatic heterocycles. The maximum Gasteiger partial charge on any atom is 0.0195 e. The lowest BCUT2D eigenvalue weighted by molar-refractivity contribution is 0.133. The van der Waals surface area contributed by atoms with Gasteiger partial charge in [0.15, 0.2) is 0 Å². The third-order valence-electron chi connectivity index (χ3n) is 3.64. The molecule has 1 fully saturated rings. The van der Waals surface area contributed by atoms with E-state index in [9.17, 15) is 0 Å². The average Bonchev–Trinajstić information content (AvgIpc) is 2.64. The Bertz CT molecular complexity index is 183. The molecule has 0 saturated carbocycles. The van der Waals surface area contributed by atoms with E-state index in [1.165, 1.54) is 32.4 Å². The Morgan fingerprint density at radius 3 is 2.31 bits per heavy atom. The molecule has 1 heterocycles. The van der Waals surface area contributed by atoms with Gasteiger partial charge in [-0.25, -0.2) is 0 Å². The molecular formula is C14H30N2. The van der Waals surface area contributed by atoms with Crippen molar-refractivity contribution in [1.29, 1.82) is 0 Å². The van der Waals surface area contributed by atoms with E-state index in [4.69, 9.17) is 0 Å². The van der Waals surface area contributed by atoms with Crippen LogP contribution in [0.15, 0.2) is 0 Å². The predicted molar refractivity (Wildman–Crippen MR) is 71.8 cm³/mol. The minimum atomic E-state index is 0.663. The quantitative estimate of drug-likeness (QED) is 0.749. The molecule has 2 atom stereocenters. The van der Waals surface area contributed by atoms with E-state index in [1.54, 1.807) is 0 Å². The predicted octanol–water partition coefficient (Wildman–Crippen LogP) is 2.88. The van der Waals surface area contributed by atoms with E-state index in [0.717, 1.165) is 12.0 Å². The Labute approximate surface area is 102 Å². The van der Waals surface area contributed by atoms with Gasteiger partial charge in [-0.3, -0.25) is 4.90 Å². The van der Waals surface area contributed by atoms with Crippen molar-refractivity contribution < 1.29 is 0 Å². The molecule has 0 spiro atoms. The van der Waals surface area contributed by atoms with Gasteiger partial charge in [0.1, 0.15) is 0 Å². The Kier molecular flexibility index (Phi) is 5.77. The summed E-state index contributed by atoms with van der Waals surface area (Å²) in [6, 6.07) is 2.11. The average molecular weight is 226 g/mol. The van der Waals surface area contributed by atoms with Crippen LogP contribution in [-0.4, -0.2) is 36.1 Å². The molecule has 1 rings (SSSR count). The monoisotopic (exact) mass is 226 g/mol. The Morgan fingerprint density at radius 1 is 1.19 bits per heavy atom. The van der Waals surface area contributed by atoms with Gasteiger partial charge in [0, 0.05) is 24.7 Å². The lowest BCUT2D eigenvalue weighted by Crippen LogP contribution is -2.46. The second-order valence-electron chi connectivity index (χ2n) is 6.06. The van der Waals surface area contributed by atoms with E-state index >= 15 is 0 Å². The maximum atomic E-state index is 3.61. The number of hydrogen-bond acceptors (Lipinski definition) is 2. The third kappa shape index (κ3) is 4.42. The van der Waals surface area contributed by atoms with E-state index in [-0.39, 0.29) is 0 Å². The van der Waals surface area contributed by atoms with Crippen LogP contribution in [0.25, 0.3) is 0 Å². The Balaban J connectivity index is 2.45. The summed E-state index contributed by atoms with van der Waals surface area (Å²) in [6.07, 6.45) is 4.03. The zero-order valence-electron chi connectivity index (χ0n) is 11.8. The van der Waals surface area contributed by atoms with E-state index < -0.39 is 0 Å². The normalized spacial score (nSPS) is 23.6. The molecule has 0 amide bonds. The van der Waals surface area contributed by atoms with Crippen molar-refractivity contribution in [2.24, 2.45) is 5.92 Å². The van der Waals surface area contributed by atoms with Crippen molar-refractivity contribution >= 4 is 0 Å². The highest BCUT2D eigenvalue weighted by molar-refractivity contribution is 4.82. The van der Waals surface area contributed by atoms with Crippen LogP contribution in [0.5, 0.6) is 0 Å². The lowest BCUT2D eigenvalue weighted by Gasteiger charge is -2.35. The first-order chi connectivity index (χ1) is 7.50. The van der Waals surface area contributed by atoms with Crippen molar-refractivity contribution in [2.45, 2.75) is 72.0 Å². The molecule has 0 aromatic carbocycles. The van der Waals surface area contributed by atoms with Crippen LogP contribution in [-0.2, 0) is 0 Å². The molecule has 0 aliphatic carbocycles. The highest BCUT2D eigenvalue weighted by atomic mass is 15.2. The topological polar surface area (TPSA) is 15.3 Å². The van der Waals surface area contributed by atoms with E-state index in [0.29, 0.717) is 12.1 Å². The van der Waals surface area contributed by atoms with Gasteiger partial charge in [-0.15, -0.1) is 0 Å². The van der Waals surface area contributed by atoms with Crippen LogP contribution < -0.4 is 5.32 Å². The minimum Gasteiger partial charge on any atom is -0.313 e. The molecule has 0 bridgehead atoms. The van der Waals surface area contributed by atoms with Gasteiger partial charge in [-0.1, -0.05) is 13.8 Å². The molecule has 16 heavy (non-hydrogen) atoms. The van der Waals surface area contributed by atoms with Gasteiger partial charge in [0.05, 0.1) is 0 Å². The molecule has 2 heteroatoms. The fraction of sp³-hybridized carbons (Fsp3) is 1.00. The Morgan fingerprint density at radius 2 is 1.88 bits per heavy atom. The zero-order chi connectivity index (χ0) is 12.1. The summed E-state index contributed by atoms with van der Waals surface area (Å²) in [5.41, 5.74) is 0. The molecule has 0 aromatic rings. The van der Waals surface area contributed by atoms with Crippen LogP contribution in [0.4, 0.5) is 0 Å². The molecule has 1 saturated heterocycles. The van der Waals surface area contributed by atoms with Gasteiger partial charge in [-0.2, -0.15) is 0 Å². The largest absolute Gasteiger partial charge is 0.313 e. The van der Waals surface area contributed by atoms with Crippen molar-refractivity contribution in [3.63, 3.8) is 0 Å². The fourth-order valence-electron chi connectivity index (χ4n) is 2.88. The van der Waals surface area contributed by atoms with E-state index in [1.807, 2.05) is 0 Å². The zero-order valence-corrected chi connectivity index (χ0v) is 11.8. The third-order valence-corrected chi connectivity index (χ3v) is 3.64. The minimum absolute atomic E-state index is 0.663. The standard InChI is InChI=1S/C14H30N2/c1-11(2)9-13(5)16(12(3)4)10-14-7-6-8-15-14/h11-15H,6-10H2,1-5H3. The summed E-state index contributed by atoms with van der Waals surface area (Å²) in [6.45, 7) is 14.1. The highest BCUT2D eigenvalue weighted by Gasteiger charge is 2.23. The molecular weight excluding hydrogens is 196 g/mol. The van der Waals surface area contributed by atoms with Crippen LogP contribution in [0.1, 0.15) is 53.9 Å². The van der Waals surface area contributed by atoms with Crippen LogP contribution >= 0.6 is 0 Å². The van der Waals surface area contributed by atoms with Crippen molar-refractivity contribution in [3.8, 4) is 0 Å². The summed E-state index contributed by atoms with van der Waals surface area (Å²) in [4.78, 5) is 2.67. The molecule has 96 valence electrons. The summed E-state index contributed by atoms with van der Waals surface area (Å²) in [5, 5.41) is 3.61. The first-order valence-corrected chi connectivity index (χ1v) is 6.99. The van der Waals surface area contributed by atoms with Crippen molar-refractivity contribution in [2.75, 3.05) is 13.1 Å². The summed E-state index contributed by atoms with van der Waals surface area (Å²) >= 11 is 0. The van der Waals surface area contributed by atoms with Crippen LogP contribution in [0, 0.1) is 5.92 Å². The van der Waals surface area contributed by atoms with Gasteiger partial charge in [-0.05, 0) is 52.5 Å². The van der Waals surface area contributed by atoms with Gasteiger partial charge >= 0.3 is 0 Å². The summed E-state index contributed by atoms with van der Waals surface area (Å²) in [7, 11) is 0. The molecule has 1 N–H and O–H groups in total. The Hall–Kier alpha value is -0.0800. The van der Waals surface area contributed by atoms with Gasteiger partial charge in [0.2, 0.25) is 0 Å². The number of hydrogen-bond donors (Lipinski definition) is 1. The van der Waals surface area contributed by atoms with E-state index in [2.05, 4.69) is 44.8 Å². The molecule has 1 aliphatic heterocycles. The summed E-state index contributed by atoms with van der Waals surface area (Å²) < 4.78 is 0. The second kappa shape index (κ2) is 6.61. The maximum absolute atomic E-state index is 3.61. The molecule has 2 unspecified atom stereocenters. The second-order valence-corrected chi connectivity index (χ2v) is 6.06. The van der Waals surface area contributed by atoms with Crippen LogP contribution in [0.3, 0.4) is 0 Å². The van der Waals surface area contributed by atoms with Gasteiger partial charge in [0.25, 0.3) is 0 Å². The molecule has 1 aliphatic rings. The smallest absolute Gasteiger partial charge is 0.0195 e. The van der Waals surface area contributed by atoms with Crippen LogP contribution in [0.2, 0.25) is 0 Å². The highest BCUT2D eigenvalue weighted by Crippen LogP contribution is 2.17. The molecule has 0 radical (unpaired) electrons. The number of nitrogens with one attached hydrogen (secondary N) is 1. The van der Waals surface area contributed by atoms with Crippen molar-refractivity contribution in [1.82, 2.24) is 10.2 Å². The summed E-state index contributed by atoms with van der Waals surface area (Å²) in [5.74, 6) is 0.799. The van der Waals surface area contributed by atoms with Gasteiger partial charge < -0.3 is 5.32 Å². The number of rotatable bonds is 6. The first-order valence-electron chi connectivity index (χ1n) is 6.99. The lowest BCUT2D eigenvalue weighted by atomic mass is 10.0.